The molecule has 0 spiro atoms. The van der Waals surface area contributed by atoms with Gasteiger partial charge in [-0.15, -0.1) is 0 Å². The fourth-order valence-electron chi connectivity index (χ4n) is 2.95. The van der Waals surface area contributed by atoms with Crippen molar-refractivity contribution in [1.82, 2.24) is 15.5 Å². The van der Waals surface area contributed by atoms with Crippen molar-refractivity contribution in [2.75, 3.05) is 18.6 Å². The predicted molar refractivity (Wildman–Crippen MR) is 105 cm³/mol. The average Bonchev–Trinajstić information content (AvgIpc) is 3.13. The number of carboxylic acid groups (broad SMARTS) is 2. The zero-order chi connectivity index (χ0) is 22.1. The van der Waals surface area contributed by atoms with E-state index >= 15 is 0 Å². The molecule has 1 saturated heterocycles. The Balaban J connectivity index is 2.72. The van der Waals surface area contributed by atoms with Crippen LogP contribution < -0.4 is 16.4 Å². The van der Waals surface area contributed by atoms with Gasteiger partial charge in [-0.1, -0.05) is 0 Å². The van der Waals surface area contributed by atoms with E-state index in [2.05, 4.69) is 10.6 Å². The van der Waals surface area contributed by atoms with Crippen LogP contribution in [0.1, 0.15) is 32.6 Å². The molecule has 1 aliphatic rings. The van der Waals surface area contributed by atoms with Gasteiger partial charge in [0.25, 0.3) is 0 Å². The highest BCUT2D eigenvalue weighted by Crippen LogP contribution is 2.19. The zero-order valence-electron chi connectivity index (χ0n) is 16.4. The van der Waals surface area contributed by atoms with Gasteiger partial charge in [0.05, 0.1) is 12.5 Å². The Bertz CT molecular complexity index is 645. The molecule has 1 aliphatic heterocycles. The first kappa shape index (κ1) is 24.7. The molecular weight excluding hydrogens is 404 g/mol. The number of carbonyl (C=O) groups excluding carboxylic acids is 3. The van der Waals surface area contributed by atoms with Crippen molar-refractivity contribution in [3.05, 3.63) is 0 Å². The van der Waals surface area contributed by atoms with Crippen molar-refractivity contribution < 1.29 is 34.2 Å². The third-order valence-corrected chi connectivity index (χ3v) is 5.17. The number of likely N-dealkylation sites (tertiary alicyclic amines) is 1. The first-order valence-electron chi connectivity index (χ1n) is 9.18. The van der Waals surface area contributed by atoms with Crippen LogP contribution in [-0.4, -0.2) is 87.5 Å². The van der Waals surface area contributed by atoms with Crippen LogP contribution in [0.3, 0.4) is 0 Å². The maximum atomic E-state index is 12.7. The number of thioether (sulfide) groups is 1. The van der Waals surface area contributed by atoms with Crippen molar-refractivity contribution >= 4 is 41.4 Å². The highest BCUT2D eigenvalue weighted by Gasteiger charge is 2.38. The Morgan fingerprint density at radius 1 is 1.21 bits per heavy atom. The monoisotopic (exact) mass is 432 g/mol. The summed E-state index contributed by atoms with van der Waals surface area (Å²) in [6, 6.07) is -4.18. The Morgan fingerprint density at radius 3 is 2.41 bits per heavy atom. The van der Waals surface area contributed by atoms with Crippen LogP contribution in [-0.2, 0) is 24.0 Å². The molecular formula is C17H28N4O7S. The normalized spacial score (nSPS) is 19.1. The van der Waals surface area contributed by atoms with Gasteiger partial charge in [-0.3, -0.25) is 19.2 Å². The third kappa shape index (κ3) is 7.54. The molecule has 0 aromatic carbocycles. The van der Waals surface area contributed by atoms with Crippen LogP contribution in [0.2, 0.25) is 0 Å². The quantitative estimate of drug-likeness (QED) is 0.263. The number of aliphatic carboxylic acids is 2. The molecule has 1 rings (SSSR count). The lowest BCUT2D eigenvalue weighted by Crippen LogP contribution is -2.56. The average molecular weight is 432 g/mol. The van der Waals surface area contributed by atoms with Crippen LogP contribution in [0.4, 0.5) is 0 Å². The summed E-state index contributed by atoms with van der Waals surface area (Å²) in [6.07, 6.45) is 2.41. The van der Waals surface area contributed by atoms with Crippen LogP contribution >= 0.6 is 11.8 Å². The van der Waals surface area contributed by atoms with E-state index in [0.29, 0.717) is 25.0 Å². The number of hydrogen-bond acceptors (Lipinski definition) is 7. The molecule has 0 saturated carbocycles. The van der Waals surface area contributed by atoms with Gasteiger partial charge in [-0.2, -0.15) is 11.8 Å². The van der Waals surface area contributed by atoms with Crippen molar-refractivity contribution in [2.24, 2.45) is 5.73 Å². The number of hydrogen-bond donors (Lipinski definition) is 5. The van der Waals surface area contributed by atoms with E-state index in [1.165, 1.54) is 11.8 Å². The van der Waals surface area contributed by atoms with E-state index in [9.17, 15) is 24.0 Å². The van der Waals surface area contributed by atoms with E-state index in [4.69, 9.17) is 15.9 Å². The van der Waals surface area contributed by atoms with E-state index < -0.39 is 60.2 Å². The Labute approximate surface area is 172 Å². The zero-order valence-corrected chi connectivity index (χ0v) is 17.2. The Morgan fingerprint density at radius 2 is 1.86 bits per heavy atom. The second-order valence-electron chi connectivity index (χ2n) is 6.81. The van der Waals surface area contributed by atoms with Gasteiger partial charge in [-0.05, 0) is 38.2 Å². The SMILES string of the molecule is CSCCC(N)C(=O)NC(C)C(=O)N1CCCC1C(=O)NC(CC(=O)O)C(=O)O. The van der Waals surface area contributed by atoms with Crippen molar-refractivity contribution in [1.29, 1.82) is 0 Å². The first-order valence-corrected chi connectivity index (χ1v) is 10.6. The lowest BCUT2D eigenvalue weighted by molar-refractivity contribution is -0.148. The molecule has 164 valence electrons. The summed E-state index contributed by atoms with van der Waals surface area (Å²) in [5.74, 6) is -3.83. The molecule has 0 radical (unpaired) electrons. The number of nitrogens with one attached hydrogen (secondary N) is 2. The molecule has 0 bridgehead atoms. The highest BCUT2D eigenvalue weighted by atomic mass is 32.2. The minimum absolute atomic E-state index is 0.270. The molecule has 0 aromatic heterocycles. The second-order valence-corrected chi connectivity index (χ2v) is 7.79. The highest BCUT2D eigenvalue weighted by molar-refractivity contribution is 7.98. The van der Waals surface area contributed by atoms with E-state index in [1.54, 1.807) is 11.8 Å². The molecule has 1 fully saturated rings. The van der Waals surface area contributed by atoms with Gasteiger partial charge in [-0.25, -0.2) is 4.79 Å². The molecule has 6 N–H and O–H groups in total. The molecule has 11 nitrogen and oxygen atoms in total. The summed E-state index contributed by atoms with van der Waals surface area (Å²) in [5, 5.41) is 22.6. The number of nitrogens with zero attached hydrogens (tertiary/aromatic N) is 1. The molecule has 29 heavy (non-hydrogen) atoms. The second kappa shape index (κ2) is 11.6. The minimum Gasteiger partial charge on any atom is -0.481 e. The Hall–Kier alpha value is -2.34. The number of rotatable bonds is 11. The largest absolute Gasteiger partial charge is 0.481 e. The number of amides is 3. The summed E-state index contributed by atoms with van der Waals surface area (Å²) in [4.78, 5) is 60.5. The molecule has 12 heteroatoms. The first-order chi connectivity index (χ1) is 13.6. The summed E-state index contributed by atoms with van der Waals surface area (Å²) in [7, 11) is 0. The van der Waals surface area contributed by atoms with Gasteiger partial charge >= 0.3 is 11.9 Å². The lowest BCUT2D eigenvalue weighted by atomic mass is 10.1. The fraction of sp³-hybridized carbons (Fsp3) is 0.706. The molecule has 0 aromatic rings. The summed E-state index contributed by atoms with van der Waals surface area (Å²) in [6.45, 7) is 1.76. The molecule has 3 amide bonds. The van der Waals surface area contributed by atoms with Gasteiger partial charge in [0, 0.05) is 6.54 Å². The lowest BCUT2D eigenvalue weighted by Gasteiger charge is -2.28. The van der Waals surface area contributed by atoms with E-state index in [0.717, 1.165) is 0 Å². The maximum Gasteiger partial charge on any atom is 0.326 e. The predicted octanol–water partition coefficient (Wildman–Crippen LogP) is -1.39. The molecule has 0 aliphatic carbocycles. The third-order valence-electron chi connectivity index (χ3n) is 4.53. The van der Waals surface area contributed by atoms with E-state index in [-0.39, 0.29) is 6.54 Å². The van der Waals surface area contributed by atoms with Crippen molar-refractivity contribution in [3.8, 4) is 0 Å². The number of carboxylic acids is 2. The van der Waals surface area contributed by atoms with Crippen molar-refractivity contribution in [2.45, 2.75) is 56.8 Å². The smallest absolute Gasteiger partial charge is 0.326 e. The van der Waals surface area contributed by atoms with Crippen LogP contribution in [0.5, 0.6) is 0 Å². The summed E-state index contributed by atoms with van der Waals surface area (Å²) in [5.41, 5.74) is 5.79. The van der Waals surface area contributed by atoms with Gasteiger partial charge < -0.3 is 31.5 Å². The van der Waals surface area contributed by atoms with Crippen LogP contribution in [0.15, 0.2) is 0 Å². The number of nitrogens with two attached hydrogens (primary N) is 1. The standard InChI is InChI=1S/C17H28N4O7S/c1-9(19-14(24)10(18)5-7-29-2)16(26)21-6-3-4-12(21)15(25)20-11(17(27)28)8-13(22)23/h9-12H,3-8,18H2,1-2H3,(H,19,24)(H,20,25)(H,22,23)(H,27,28). The molecule has 4 unspecified atom stereocenters. The van der Waals surface area contributed by atoms with Crippen LogP contribution in [0, 0.1) is 0 Å². The van der Waals surface area contributed by atoms with Gasteiger partial charge in [0.15, 0.2) is 0 Å². The van der Waals surface area contributed by atoms with Gasteiger partial charge in [0.1, 0.15) is 18.1 Å². The van der Waals surface area contributed by atoms with Gasteiger partial charge in [0.2, 0.25) is 17.7 Å². The summed E-state index contributed by atoms with van der Waals surface area (Å²) >= 11 is 1.55. The maximum absolute atomic E-state index is 12.7. The van der Waals surface area contributed by atoms with E-state index in [1.807, 2.05) is 6.26 Å². The van der Waals surface area contributed by atoms with Crippen molar-refractivity contribution in [3.63, 3.8) is 0 Å². The summed E-state index contributed by atoms with van der Waals surface area (Å²) < 4.78 is 0. The molecule has 1 heterocycles. The molecule has 4 atom stereocenters. The number of carbonyl (C=O) groups is 5. The Kier molecular flexibility index (Phi) is 9.89. The fourth-order valence-corrected chi connectivity index (χ4v) is 3.44. The minimum atomic E-state index is -1.59. The topological polar surface area (TPSA) is 179 Å². The van der Waals surface area contributed by atoms with Crippen LogP contribution in [0.25, 0.3) is 0 Å².